The Bertz CT molecular complexity index is 451. The number of rotatable bonds is 6. The molecule has 1 heterocycles. The molecule has 0 aromatic heterocycles. The van der Waals surface area contributed by atoms with Crippen LogP contribution in [0.4, 0.5) is 8.78 Å². The predicted molar refractivity (Wildman–Crippen MR) is 75.9 cm³/mol. The van der Waals surface area contributed by atoms with Gasteiger partial charge in [-0.3, -0.25) is 4.90 Å². The van der Waals surface area contributed by atoms with Crippen LogP contribution >= 0.6 is 0 Å². The van der Waals surface area contributed by atoms with Crippen LogP contribution in [-0.4, -0.2) is 65.9 Å². The average molecular weight is 300 g/mol. The molecule has 1 aromatic rings. The number of piperazine rings is 1. The zero-order valence-corrected chi connectivity index (χ0v) is 12.0. The fourth-order valence-electron chi connectivity index (χ4n) is 2.62. The van der Waals surface area contributed by atoms with E-state index in [-0.39, 0.29) is 12.2 Å². The van der Waals surface area contributed by atoms with E-state index in [4.69, 9.17) is 5.11 Å². The van der Waals surface area contributed by atoms with Crippen molar-refractivity contribution in [1.82, 2.24) is 9.80 Å². The molecule has 0 amide bonds. The first kappa shape index (κ1) is 16.3. The Labute approximate surface area is 123 Å². The number of nitrogens with zero attached hydrogens (tertiary/aromatic N) is 2. The molecule has 0 saturated carbocycles. The van der Waals surface area contributed by atoms with Crippen LogP contribution in [0.25, 0.3) is 0 Å². The molecule has 1 aliphatic heterocycles. The van der Waals surface area contributed by atoms with Gasteiger partial charge in [-0.15, -0.1) is 0 Å². The second-order valence-electron chi connectivity index (χ2n) is 5.35. The monoisotopic (exact) mass is 300 g/mol. The van der Waals surface area contributed by atoms with Crippen molar-refractivity contribution < 1.29 is 19.0 Å². The van der Waals surface area contributed by atoms with Crippen molar-refractivity contribution >= 4 is 0 Å². The Kier molecular flexibility index (Phi) is 6.05. The third-order valence-electron chi connectivity index (χ3n) is 3.94. The Hall–Kier alpha value is -1.08. The number of hydrogen-bond donors (Lipinski definition) is 2. The van der Waals surface area contributed by atoms with Crippen LogP contribution in [0.3, 0.4) is 0 Å². The van der Waals surface area contributed by atoms with Crippen LogP contribution in [0.5, 0.6) is 0 Å². The molecule has 4 nitrogen and oxygen atoms in total. The smallest absolute Gasteiger partial charge is 0.164 e. The summed E-state index contributed by atoms with van der Waals surface area (Å²) >= 11 is 0. The van der Waals surface area contributed by atoms with Gasteiger partial charge in [0.1, 0.15) is 0 Å². The standard InChI is InChI=1S/C15H22F2N2O2/c16-13-3-1-2-12(15(13)17)14(21)4-5-18-6-8-19(9-7-18)10-11-20/h1-3,14,20-21H,4-11H2. The lowest BCUT2D eigenvalue weighted by molar-refractivity contribution is 0.0912. The van der Waals surface area contributed by atoms with Gasteiger partial charge >= 0.3 is 0 Å². The van der Waals surface area contributed by atoms with Gasteiger partial charge < -0.3 is 15.1 Å². The first-order chi connectivity index (χ1) is 10.1. The van der Waals surface area contributed by atoms with Crippen molar-refractivity contribution in [3.05, 3.63) is 35.4 Å². The van der Waals surface area contributed by atoms with Gasteiger partial charge in [0.25, 0.3) is 0 Å². The average Bonchev–Trinajstić information content (AvgIpc) is 2.49. The summed E-state index contributed by atoms with van der Waals surface area (Å²) in [6, 6.07) is 3.87. The second kappa shape index (κ2) is 7.79. The maximum atomic E-state index is 13.6. The summed E-state index contributed by atoms with van der Waals surface area (Å²) in [6.45, 7) is 4.97. The minimum absolute atomic E-state index is 0.0221. The molecule has 6 heteroatoms. The molecule has 0 aliphatic carbocycles. The number of hydrogen-bond acceptors (Lipinski definition) is 4. The Morgan fingerprint density at radius 3 is 2.29 bits per heavy atom. The molecule has 1 unspecified atom stereocenters. The van der Waals surface area contributed by atoms with E-state index < -0.39 is 17.7 Å². The van der Waals surface area contributed by atoms with Gasteiger partial charge in [0.2, 0.25) is 0 Å². The predicted octanol–water partition coefficient (Wildman–Crippen LogP) is 0.998. The minimum atomic E-state index is -0.990. The lowest BCUT2D eigenvalue weighted by Crippen LogP contribution is -2.47. The van der Waals surface area contributed by atoms with Gasteiger partial charge in [0.15, 0.2) is 11.6 Å². The SMILES string of the molecule is OCCN1CCN(CCC(O)c2cccc(F)c2F)CC1. The molecule has 2 rings (SSSR count). The maximum absolute atomic E-state index is 13.6. The molecular formula is C15H22F2N2O2. The summed E-state index contributed by atoms with van der Waals surface area (Å²) in [5, 5.41) is 18.9. The molecule has 1 fully saturated rings. The summed E-state index contributed by atoms with van der Waals surface area (Å²) in [4.78, 5) is 4.37. The molecule has 2 N–H and O–H groups in total. The van der Waals surface area contributed by atoms with Crippen LogP contribution in [0.15, 0.2) is 18.2 Å². The van der Waals surface area contributed by atoms with Gasteiger partial charge in [0, 0.05) is 44.8 Å². The number of β-amino-alcohol motifs (C(OH)–C–C–N with tert-alkyl or cyclic N) is 1. The van der Waals surface area contributed by atoms with Gasteiger partial charge in [-0.1, -0.05) is 12.1 Å². The Balaban J connectivity index is 1.79. The van der Waals surface area contributed by atoms with Gasteiger partial charge in [-0.05, 0) is 12.5 Å². The fraction of sp³-hybridized carbons (Fsp3) is 0.600. The topological polar surface area (TPSA) is 46.9 Å². The molecule has 0 spiro atoms. The van der Waals surface area contributed by atoms with Gasteiger partial charge in [-0.2, -0.15) is 0 Å². The zero-order chi connectivity index (χ0) is 15.2. The van der Waals surface area contributed by atoms with E-state index in [2.05, 4.69) is 9.80 Å². The quantitative estimate of drug-likeness (QED) is 0.823. The lowest BCUT2D eigenvalue weighted by atomic mass is 10.1. The van der Waals surface area contributed by atoms with E-state index in [0.29, 0.717) is 19.5 Å². The van der Waals surface area contributed by atoms with Crippen molar-refractivity contribution in [3.8, 4) is 0 Å². The number of benzene rings is 1. The van der Waals surface area contributed by atoms with E-state index in [1.54, 1.807) is 0 Å². The van der Waals surface area contributed by atoms with Crippen molar-refractivity contribution in [2.24, 2.45) is 0 Å². The van der Waals surface area contributed by atoms with Crippen molar-refractivity contribution in [1.29, 1.82) is 0 Å². The molecule has 1 aliphatic rings. The molecule has 0 radical (unpaired) electrons. The molecule has 0 bridgehead atoms. The number of aliphatic hydroxyl groups is 2. The van der Waals surface area contributed by atoms with Crippen LogP contribution in [0.1, 0.15) is 18.1 Å². The number of aliphatic hydroxyl groups excluding tert-OH is 2. The summed E-state index contributed by atoms with van der Waals surface area (Å²) < 4.78 is 26.7. The summed E-state index contributed by atoms with van der Waals surface area (Å²) in [5.41, 5.74) is 0.0221. The highest BCUT2D eigenvalue weighted by atomic mass is 19.2. The molecular weight excluding hydrogens is 278 g/mol. The first-order valence-corrected chi connectivity index (χ1v) is 7.29. The van der Waals surface area contributed by atoms with Crippen molar-refractivity contribution in [2.45, 2.75) is 12.5 Å². The normalized spacial score (nSPS) is 18.9. The van der Waals surface area contributed by atoms with E-state index in [1.807, 2.05) is 0 Å². The van der Waals surface area contributed by atoms with E-state index in [1.165, 1.54) is 12.1 Å². The molecule has 1 atom stereocenters. The Morgan fingerprint density at radius 2 is 1.67 bits per heavy atom. The largest absolute Gasteiger partial charge is 0.395 e. The van der Waals surface area contributed by atoms with E-state index in [0.717, 1.165) is 32.2 Å². The van der Waals surface area contributed by atoms with Gasteiger partial charge in [0.05, 0.1) is 12.7 Å². The van der Waals surface area contributed by atoms with Crippen LogP contribution in [0, 0.1) is 11.6 Å². The van der Waals surface area contributed by atoms with Crippen LogP contribution in [-0.2, 0) is 0 Å². The van der Waals surface area contributed by atoms with Crippen LogP contribution < -0.4 is 0 Å². The molecule has 118 valence electrons. The summed E-state index contributed by atoms with van der Waals surface area (Å²) in [6.07, 6.45) is -0.614. The highest BCUT2D eigenvalue weighted by molar-refractivity contribution is 5.21. The number of halogens is 2. The lowest BCUT2D eigenvalue weighted by Gasteiger charge is -2.34. The van der Waals surface area contributed by atoms with E-state index >= 15 is 0 Å². The highest BCUT2D eigenvalue weighted by Gasteiger charge is 2.19. The van der Waals surface area contributed by atoms with Gasteiger partial charge in [-0.25, -0.2) is 8.78 Å². The second-order valence-corrected chi connectivity index (χ2v) is 5.35. The minimum Gasteiger partial charge on any atom is -0.395 e. The third kappa shape index (κ3) is 4.44. The van der Waals surface area contributed by atoms with E-state index in [9.17, 15) is 13.9 Å². The highest BCUT2D eigenvalue weighted by Crippen LogP contribution is 2.22. The van der Waals surface area contributed by atoms with Crippen molar-refractivity contribution in [2.75, 3.05) is 45.9 Å². The first-order valence-electron chi connectivity index (χ1n) is 7.29. The fourth-order valence-corrected chi connectivity index (χ4v) is 2.62. The Morgan fingerprint density at radius 1 is 1.05 bits per heavy atom. The van der Waals surface area contributed by atoms with Crippen molar-refractivity contribution in [3.63, 3.8) is 0 Å². The molecule has 1 saturated heterocycles. The van der Waals surface area contributed by atoms with Crippen LogP contribution in [0.2, 0.25) is 0 Å². The maximum Gasteiger partial charge on any atom is 0.164 e. The summed E-state index contributed by atoms with van der Waals surface area (Å²) in [5.74, 6) is -1.89. The molecule has 21 heavy (non-hydrogen) atoms. The summed E-state index contributed by atoms with van der Waals surface area (Å²) in [7, 11) is 0. The third-order valence-corrected chi connectivity index (χ3v) is 3.94. The zero-order valence-electron chi connectivity index (χ0n) is 12.0. The molecule has 1 aromatic carbocycles.